The minimum absolute atomic E-state index is 0. The number of rotatable bonds is 4. The SMILES string of the molecule is CC1CCC(C(C)C)C(NC(=O)c2coc(CN)c2)C1.Cl. The fourth-order valence-electron chi connectivity index (χ4n) is 3.23. The summed E-state index contributed by atoms with van der Waals surface area (Å²) in [4.78, 5) is 12.3. The smallest absolute Gasteiger partial charge is 0.254 e. The van der Waals surface area contributed by atoms with Gasteiger partial charge < -0.3 is 15.5 Å². The molecule has 2 rings (SSSR count). The monoisotopic (exact) mass is 314 g/mol. The van der Waals surface area contributed by atoms with Crippen molar-refractivity contribution < 1.29 is 9.21 Å². The van der Waals surface area contributed by atoms with Crippen LogP contribution in [0, 0.1) is 17.8 Å². The van der Waals surface area contributed by atoms with Crippen molar-refractivity contribution >= 4 is 18.3 Å². The molecule has 1 amide bonds. The normalized spacial score (nSPS) is 25.5. The standard InChI is InChI=1S/C16H26N2O2.ClH/c1-10(2)14-5-4-11(3)6-15(14)18-16(19)12-7-13(8-17)20-9-12;/h7,9-11,14-15H,4-6,8,17H2,1-3H3,(H,18,19);1H. The number of halogens is 1. The van der Waals surface area contributed by atoms with E-state index in [4.69, 9.17) is 10.2 Å². The molecule has 4 nitrogen and oxygen atoms in total. The summed E-state index contributed by atoms with van der Waals surface area (Å²) in [5.74, 6) is 2.44. The number of furan rings is 1. The highest BCUT2D eigenvalue weighted by atomic mass is 35.5. The van der Waals surface area contributed by atoms with Gasteiger partial charge in [-0.3, -0.25) is 4.79 Å². The maximum Gasteiger partial charge on any atom is 0.254 e. The molecular formula is C16H27ClN2O2. The number of nitrogens with one attached hydrogen (secondary N) is 1. The first kappa shape index (κ1) is 18.1. The molecule has 0 spiro atoms. The van der Waals surface area contributed by atoms with Gasteiger partial charge in [0.05, 0.1) is 12.1 Å². The summed E-state index contributed by atoms with van der Waals surface area (Å²) >= 11 is 0. The van der Waals surface area contributed by atoms with E-state index >= 15 is 0 Å². The van der Waals surface area contributed by atoms with Crippen LogP contribution in [0.1, 0.15) is 56.2 Å². The van der Waals surface area contributed by atoms with Crippen LogP contribution in [-0.2, 0) is 6.54 Å². The van der Waals surface area contributed by atoms with Gasteiger partial charge in [0, 0.05) is 6.04 Å². The lowest BCUT2D eigenvalue weighted by Crippen LogP contribution is -2.45. The Labute approximate surface area is 133 Å². The van der Waals surface area contributed by atoms with E-state index in [9.17, 15) is 4.79 Å². The minimum Gasteiger partial charge on any atom is -0.467 e. The molecule has 1 aliphatic carbocycles. The van der Waals surface area contributed by atoms with E-state index in [1.165, 1.54) is 19.1 Å². The third kappa shape index (κ3) is 4.48. The van der Waals surface area contributed by atoms with E-state index in [1.54, 1.807) is 6.07 Å². The molecule has 1 aliphatic rings. The Bertz CT molecular complexity index is 459. The number of hydrogen-bond donors (Lipinski definition) is 2. The molecule has 1 aromatic heterocycles. The van der Waals surface area contributed by atoms with Crippen molar-refractivity contribution in [2.24, 2.45) is 23.5 Å². The summed E-state index contributed by atoms with van der Waals surface area (Å²) in [6.07, 6.45) is 5.02. The molecule has 0 aliphatic heterocycles. The van der Waals surface area contributed by atoms with Crippen LogP contribution in [0.3, 0.4) is 0 Å². The number of carbonyl (C=O) groups excluding carboxylic acids is 1. The van der Waals surface area contributed by atoms with Crippen molar-refractivity contribution in [2.75, 3.05) is 0 Å². The van der Waals surface area contributed by atoms with E-state index in [0.717, 1.165) is 6.42 Å². The Morgan fingerprint density at radius 2 is 2.19 bits per heavy atom. The second-order valence-electron chi connectivity index (χ2n) is 6.41. The van der Waals surface area contributed by atoms with Gasteiger partial charge in [0.1, 0.15) is 12.0 Å². The first-order valence-electron chi connectivity index (χ1n) is 7.59. The molecule has 0 bridgehead atoms. The Morgan fingerprint density at radius 3 is 2.76 bits per heavy atom. The van der Waals surface area contributed by atoms with Gasteiger partial charge in [-0.1, -0.05) is 27.2 Å². The van der Waals surface area contributed by atoms with Gasteiger partial charge in [0.15, 0.2) is 0 Å². The number of nitrogens with two attached hydrogens (primary N) is 1. The molecule has 120 valence electrons. The lowest BCUT2D eigenvalue weighted by Gasteiger charge is -2.37. The maximum atomic E-state index is 12.3. The van der Waals surface area contributed by atoms with Crippen molar-refractivity contribution in [3.63, 3.8) is 0 Å². The van der Waals surface area contributed by atoms with E-state index in [-0.39, 0.29) is 24.4 Å². The highest BCUT2D eigenvalue weighted by Gasteiger charge is 2.32. The Morgan fingerprint density at radius 1 is 1.48 bits per heavy atom. The molecule has 5 heteroatoms. The van der Waals surface area contributed by atoms with E-state index < -0.39 is 0 Å². The van der Waals surface area contributed by atoms with Crippen LogP contribution in [0.5, 0.6) is 0 Å². The third-order valence-corrected chi connectivity index (χ3v) is 4.46. The highest BCUT2D eigenvalue weighted by Crippen LogP contribution is 2.33. The predicted octanol–water partition coefficient (Wildman–Crippen LogP) is 3.35. The predicted molar refractivity (Wildman–Crippen MR) is 86.4 cm³/mol. The van der Waals surface area contributed by atoms with E-state index in [1.807, 2.05) is 0 Å². The van der Waals surface area contributed by atoms with Gasteiger partial charge in [-0.05, 0) is 36.7 Å². The van der Waals surface area contributed by atoms with Gasteiger partial charge in [-0.2, -0.15) is 0 Å². The first-order valence-corrected chi connectivity index (χ1v) is 7.59. The summed E-state index contributed by atoms with van der Waals surface area (Å²) in [7, 11) is 0. The zero-order valence-corrected chi connectivity index (χ0v) is 13.9. The van der Waals surface area contributed by atoms with Crippen molar-refractivity contribution in [3.05, 3.63) is 23.7 Å². The van der Waals surface area contributed by atoms with E-state index in [2.05, 4.69) is 26.1 Å². The summed E-state index contributed by atoms with van der Waals surface area (Å²) < 4.78 is 5.23. The largest absolute Gasteiger partial charge is 0.467 e. The van der Waals surface area contributed by atoms with Crippen molar-refractivity contribution in [1.29, 1.82) is 0 Å². The van der Waals surface area contributed by atoms with Crippen LogP contribution in [0.25, 0.3) is 0 Å². The Kier molecular flexibility index (Phi) is 6.75. The van der Waals surface area contributed by atoms with Crippen molar-refractivity contribution in [1.82, 2.24) is 5.32 Å². The average Bonchev–Trinajstić information content (AvgIpc) is 2.87. The molecule has 3 N–H and O–H groups in total. The molecule has 21 heavy (non-hydrogen) atoms. The first-order chi connectivity index (χ1) is 9.51. The van der Waals surface area contributed by atoms with Gasteiger partial charge in [0.25, 0.3) is 5.91 Å². The Balaban J connectivity index is 0.00000220. The van der Waals surface area contributed by atoms with Crippen LogP contribution < -0.4 is 11.1 Å². The van der Waals surface area contributed by atoms with E-state index in [0.29, 0.717) is 35.6 Å². The van der Waals surface area contributed by atoms with Crippen LogP contribution in [0.15, 0.2) is 16.7 Å². The third-order valence-electron chi connectivity index (χ3n) is 4.46. The molecule has 1 saturated carbocycles. The molecule has 0 radical (unpaired) electrons. The van der Waals surface area contributed by atoms with Crippen molar-refractivity contribution in [3.8, 4) is 0 Å². The number of amides is 1. The lowest BCUT2D eigenvalue weighted by molar-refractivity contribution is 0.0867. The maximum absolute atomic E-state index is 12.3. The summed E-state index contributed by atoms with van der Waals surface area (Å²) in [6, 6.07) is 1.99. The van der Waals surface area contributed by atoms with Crippen LogP contribution in [0.2, 0.25) is 0 Å². The molecule has 3 atom stereocenters. The fraction of sp³-hybridized carbons (Fsp3) is 0.688. The molecule has 1 fully saturated rings. The molecule has 0 saturated heterocycles. The average molecular weight is 315 g/mol. The lowest BCUT2D eigenvalue weighted by atomic mass is 9.74. The fourth-order valence-corrected chi connectivity index (χ4v) is 3.23. The molecular weight excluding hydrogens is 288 g/mol. The van der Waals surface area contributed by atoms with Crippen LogP contribution in [0.4, 0.5) is 0 Å². The molecule has 0 aromatic carbocycles. The molecule has 1 heterocycles. The van der Waals surface area contributed by atoms with Crippen molar-refractivity contribution in [2.45, 2.75) is 52.6 Å². The van der Waals surface area contributed by atoms with Gasteiger partial charge in [-0.25, -0.2) is 0 Å². The summed E-state index contributed by atoms with van der Waals surface area (Å²) in [6.45, 7) is 7.07. The molecule has 3 unspecified atom stereocenters. The van der Waals surface area contributed by atoms with Gasteiger partial charge >= 0.3 is 0 Å². The minimum atomic E-state index is -0.0433. The zero-order chi connectivity index (χ0) is 14.7. The summed E-state index contributed by atoms with van der Waals surface area (Å²) in [5.41, 5.74) is 6.08. The summed E-state index contributed by atoms with van der Waals surface area (Å²) in [5, 5.41) is 3.19. The quantitative estimate of drug-likeness (QED) is 0.895. The Hall–Kier alpha value is -1.00. The van der Waals surface area contributed by atoms with Gasteiger partial charge in [-0.15, -0.1) is 12.4 Å². The van der Waals surface area contributed by atoms with Crippen LogP contribution >= 0.6 is 12.4 Å². The molecule has 1 aromatic rings. The zero-order valence-electron chi connectivity index (χ0n) is 13.1. The van der Waals surface area contributed by atoms with Gasteiger partial charge in [0.2, 0.25) is 0 Å². The number of carbonyl (C=O) groups is 1. The second-order valence-corrected chi connectivity index (χ2v) is 6.41. The van der Waals surface area contributed by atoms with Crippen LogP contribution in [-0.4, -0.2) is 11.9 Å². The number of hydrogen-bond acceptors (Lipinski definition) is 3. The highest BCUT2D eigenvalue weighted by molar-refractivity contribution is 5.94. The second kappa shape index (κ2) is 7.85. The topological polar surface area (TPSA) is 68.3 Å².